The molecule has 4 nitrogen and oxygen atoms in total. The highest BCUT2D eigenvalue weighted by Crippen LogP contribution is 2.13. The number of ketones is 1. The van der Waals surface area contributed by atoms with Crippen LogP contribution in [0.4, 0.5) is 5.69 Å². The lowest BCUT2D eigenvalue weighted by Gasteiger charge is -2.11. The maximum absolute atomic E-state index is 12.0. The van der Waals surface area contributed by atoms with E-state index in [1.54, 1.807) is 18.2 Å². The molecule has 0 spiro atoms. The summed E-state index contributed by atoms with van der Waals surface area (Å²) in [5.41, 5.74) is 1.76. The van der Waals surface area contributed by atoms with E-state index in [0.29, 0.717) is 5.69 Å². The molecule has 1 aromatic rings. The summed E-state index contributed by atoms with van der Waals surface area (Å²) in [5.74, 6) is -1.98. The summed E-state index contributed by atoms with van der Waals surface area (Å²) in [6.07, 6.45) is 1.16. The van der Waals surface area contributed by atoms with Crippen LogP contribution in [0.15, 0.2) is 24.3 Å². The summed E-state index contributed by atoms with van der Waals surface area (Å²) in [6, 6.07) is 9.16. The molecule has 1 aromatic carbocycles. The van der Waals surface area contributed by atoms with Gasteiger partial charge in [-0.05, 0) is 30.0 Å². The average Bonchev–Trinajstić information content (AvgIpc) is 2.39. The Morgan fingerprint density at radius 2 is 1.85 bits per heavy atom. The summed E-state index contributed by atoms with van der Waals surface area (Å²) in [4.78, 5) is 23.8. The van der Waals surface area contributed by atoms with Gasteiger partial charge in [-0.1, -0.05) is 32.9 Å². The van der Waals surface area contributed by atoms with Crippen LogP contribution in [0.25, 0.3) is 0 Å². The van der Waals surface area contributed by atoms with Crippen LogP contribution < -0.4 is 5.32 Å². The Labute approximate surface area is 119 Å². The summed E-state index contributed by atoms with van der Waals surface area (Å²) < 4.78 is 0. The first-order chi connectivity index (χ1) is 9.47. The molecule has 0 radical (unpaired) electrons. The van der Waals surface area contributed by atoms with Gasteiger partial charge in [0.05, 0.1) is 6.07 Å². The molecule has 1 amide bonds. The van der Waals surface area contributed by atoms with Gasteiger partial charge in [0.2, 0.25) is 5.91 Å². The smallest absolute Gasteiger partial charge is 0.249 e. The molecule has 0 saturated carbocycles. The number of nitrogens with one attached hydrogen (secondary N) is 1. The van der Waals surface area contributed by atoms with Crippen molar-refractivity contribution in [3.63, 3.8) is 0 Å². The fourth-order valence-electron chi connectivity index (χ4n) is 1.84. The van der Waals surface area contributed by atoms with Crippen molar-refractivity contribution in [2.75, 3.05) is 5.32 Å². The van der Waals surface area contributed by atoms with E-state index >= 15 is 0 Å². The molecule has 0 unspecified atom stereocenters. The SMILES string of the molecule is CCc1ccc(NC(=O)[C@H](C#N)C(=O)CC(C)C)cc1. The van der Waals surface area contributed by atoms with Crippen LogP contribution in [0.3, 0.4) is 0 Å². The maximum Gasteiger partial charge on any atom is 0.249 e. The number of nitriles is 1. The van der Waals surface area contributed by atoms with Crippen LogP contribution in [0, 0.1) is 23.2 Å². The monoisotopic (exact) mass is 272 g/mol. The summed E-state index contributed by atoms with van der Waals surface area (Å²) in [5, 5.41) is 11.6. The van der Waals surface area contributed by atoms with Crippen molar-refractivity contribution < 1.29 is 9.59 Å². The predicted molar refractivity (Wildman–Crippen MR) is 78.0 cm³/mol. The minimum Gasteiger partial charge on any atom is -0.325 e. The Morgan fingerprint density at radius 1 is 1.25 bits per heavy atom. The zero-order valence-corrected chi connectivity index (χ0v) is 12.1. The average molecular weight is 272 g/mol. The second-order valence-corrected chi connectivity index (χ2v) is 5.17. The van der Waals surface area contributed by atoms with Crippen molar-refractivity contribution in [1.82, 2.24) is 0 Å². The largest absolute Gasteiger partial charge is 0.325 e. The molecule has 4 heteroatoms. The number of rotatable bonds is 6. The fraction of sp³-hybridized carbons (Fsp3) is 0.438. The molecule has 0 aliphatic heterocycles. The molecule has 1 atom stereocenters. The number of amides is 1. The van der Waals surface area contributed by atoms with Crippen molar-refractivity contribution in [3.05, 3.63) is 29.8 Å². The third-order valence-electron chi connectivity index (χ3n) is 2.95. The van der Waals surface area contributed by atoms with Gasteiger partial charge < -0.3 is 5.32 Å². The van der Waals surface area contributed by atoms with E-state index < -0.39 is 11.8 Å². The molecule has 0 aliphatic rings. The van der Waals surface area contributed by atoms with Crippen molar-refractivity contribution >= 4 is 17.4 Å². The van der Waals surface area contributed by atoms with E-state index in [1.165, 1.54) is 0 Å². The number of nitrogens with zero attached hydrogens (tertiary/aromatic N) is 1. The number of benzene rings is 1. The molecular weight excluding hydrogens is 252 g/mol. The number of carbonyl (C=O) groups is 2. The summed E-state index contributed by atoms with van der Waals surface area (Å²) in [6.45, 7) is 5.81. The van der Waals surface area contributed by atoms with Crippen molar-refractivity contribution in [2.45, 2.75) is 33.6 Å². The van der Waals surface area contributed by atoms with Gasteiger partial charge in [-0.15, -0.1) is 0 Å². The zero-order valence-electron chi connectivity index (χ0n) is 12.1. The second kappa shape index (κ2) is 7.44. The van der Waals surface area contributed by atoms with Crippen LogP contribution >= 0.6 is 0 Å². The first kappa shape index (κ1) is 15.9. The Bertz CT molecular complexity index is 512. The molecule has 0 fully saturated rings. The van der Waals surface area contributed by atoms with Gasteiger partial charge in [0.25, 0.3) is 0 Å². The lowest BCUT2D eigenvalue weighted by atomic mass is 9.96. The quantitative estimate of drug-likeness (QED) is 0.809. The fourth-order valence-corrected chi connectivity index (χ4v) is 1.84. The molecule has 0 aliphatic carbocycles. The maximum atomic E-state index is 12.0. The van der Waals surface area contributed by atoms with Gasteiger partial charge in [-0.2, -0.15) is 5.26 Å². The summed E-state index contributed by atoms with van der Waals surface area (Å²) in [7, 11) is 0. The van der Waals surface area contributed by atoms with Crippen LogP contribution in [-0.4, -0.2) is 11.7 Å². The van der Waals surface area contributed by atoms with Gasteiger partial charge in [-0.25, -0.2) is 0 Å². The van der Waals surface area contributed by atoms with E-state index in [-0.39, 0.29) is 18.1 Å². The number of Topliss-reactive ketones (excluding diaryl/α,β-unsaturated/α-hetero) is 1. The number of carbonyl (C=O) groups excluding carboxylic acids is 2. The van der Waals surface area contributed by atoms with Crippen LogP contribution in [0.2, 0.25) is 0 Å². The first-order valence-electron chi connectivity index (χ1n) is 6.80. The van der Waals surface area contributed by atoms with Crippen LogP contribution in [0.1, 0.15) is 32.8 Å². The van der Waals surface area contributed by atoms with Gasteiger partial charge in [-0.3, -0.25) is 9.59 Å². The highest BCUT2D eigenvalue weighted by molar-refractivity contribution is 6.09. The van der Waals surface area contributed by atoms with Gasteiger partial charge >= 0.3 is 0 Å². The van der Waals surface area contributed by atoms with E-state index in [2.05, 4.69) is 5.32 Å². The molecule has 20 heavy (non-hydrogen) atoms. The van der Waals surface area contributed by atoms with E-state index in [0.717, 1.165) is 12.0 Å². The van der Waals surface area contributed by atoms with E-state index in [9.17, 15) is 9.59 Å². The third kappa shape index (κ3) is 4.51. The molecular formula is C16H20N2O2. The van der Waals surface area contributed by atoms with E-state index in [4.69, 9.17) is 5.26 Å². The topological polar surface area (TPSA) is 70.0 Å². The summed E-state index contributed by atoms with van der Waals surface area (Å²) >= 11 is 0. The lowest BCUT2D eigenvalue weighted by molar-refractivity contribution is -0.129. The van der Waals surface area contributed by atoms with Gasteiger partial charge in [0, 0.05) is 12.1 Å². The Hall–Kier alpha value is -2.15. The highest BCUT2D eigenvalue weighted by atomic mass is 16.2. The highest BCUT2D eigenvalue weighted by Gasteiger charge is 2.26. The Balaban J connectivity index is 2.72. The van der Waals surface area contributed by atoms with Crippen molar-refractivity contribution in [2.24, 2.45) is 11.8 Å². The first-order valence-corrected chi connectivity index (χ1v) is 6.80. The standard InChI is InChI=1S/C16H20N2O2/c1-4-12-5-7-13(8-6-12)18-16(20)14(10-17)15(19)9-11(2)3/h5-8,11,14H,4,9H2,1-3H3,(H,18,20)/t14-/m1/s1. The number of hydrogen-bond acceptors (Lipinski definition) is 3. The molecule has 1 rings (SSSR count). The Morgan fingerprint density at radius 3 is 2.30 bits per heavy atom. The molecule has 0 heterocycles. The molecule has 0 aromatic heterocycles. The number of anilines is 1. The third-order valence-corrected chi connectivity index (χ3v) is 2.95. The van der Waals surface area contributed by atoms with Crippen molar-refractivity contribution in [1.29, 1.82) is 5.26 Å². The normalized spacial score (nSPS) is 11.8. The molecule has 106 valence electrons. The minimum atomic E-state index is -1.23. The van der Waals surface area contributed by atoms with Crippen LogP contribution in [0.5, 0.6) is 0 Å². The van der Waals surface area contributed by atoms with Gasteiger partial charge in [0.15, 0.2) is 11.7 Å². The Kier molecular flexibility index (Phi) is 5.92. The number of hydrogen-bond donors (Lipinski definition) is 1. The van der Waals surface area contributed by atoms with Crippen molar-refractivity contribution in [3.8, 4) is 6.07 Å². The predicted octanol–water partition coefficient (Wildman–Crippen LogP) is 2.94. The zero-order chi connectivity index (χ0) is 15.1. The molecule has 0 bridgehead atoms. The second-order valence-electron chi connectivity index (χ2n) is 5.17. The minimum absolute atomic E-state index is 0.134. The lowest BCUT2D eigenvalue weighted by Crippen LogP contribution is -2.29. The number of aryl methyl sites for hydroxylation is 1. The molecule has 0 saturated heterocycles. The van der Waals surface area contributed by atoms with Gasteiger partial charge in [0.1, 0.15) is 0 Å². The molecule has 1 N–H and O–H groups in total. The van der Waals surface area contributed by atoms with E-state index in [1.807, 2.05) is 32.9 Å². The van der Waals surface area contributed by atoms with Crippen LogP contribution in [-0.2, 0) is 16.0 Å².